The van der Waals surface area contributed by atoms with Crippen molar-refractivity contribution in [1.29, 1.82) is 0 Å². The van der Waals surface area contributed by atoms with Gasteiger partial charge in [0, 0.05) is 18.2 Å². The summed E-state index contributed by atoms with van der Waals surface area (Å²) >= 11 is 0. The first kappa shape index (κ1) is 12.8. The van der Waals surface area contributed by atoms with E-state index in [1.165, 1.54) is 31.4 Å². The third kappa shape index (κ3) is 2.71. The molecule has 0 saturated heterocycles. The van der Waals surface area contributed by atoms with E-state index in [4.69, 9.17) is 4.52 Å². The van der Waals surface area contributed by atoms with Gasteiger partial charge in [-0.25, -0.2) is 4.39 Å². The quantitative estimate of drug-likeness (QED) is 0.932. The van der Waals surface area contributed by atoms with E-state index < -0.39 is 0 Å². The number of hydrogen-bond acceptors (Lipinski definition) is 3. The first-order valence-corrected chi connectivity index (χ1v) is 6.73. The van der Waals surface area contributed by atoms with Crippen molar-refractivity contribution >= 4 is 5.91 Å². The van der Waals surface area contributed by atoms with Crippen LogP contribution in [0.15, 0.2) is 34.9 Å². The fraction of sp³-hybridized carbons (Fsp3) is 0.333. The van der Waals surface area contributed by atoms with Crippen LogP contribution in [0.3, 0.4) is 0 Å². The van der Waals surface area contributed by atoms with Crippen molar-refractivity contribution in [3.63, 3.8) is 0 Å². The number of aromatic nitrogens is 1. The minimum Gasteiger partial charge on any atom is -0.355 e. The van der Waals surface area contributed by atoms with Crippen LogP contribution >= 0.6 is 0 Å². The first-order valence-electron chi connectivity index (χ1n) is 6.73. The number of carbonyl (C=O) groups excluding carboxylic acids is 1. The van der Waals surface area contributed by atoms with Crippen LogP contribution in [0.4, 0.5) is 4.39 Å². The van der Waals surface area contributed by atoms with Gasteiger partial charge in [-0.15, -0.1) is 0 Å². The lowest BCUT2D eigenvalue weighted by Gasteiger charge is -2.24. The van der Waals surface area contributed by atoms with E-state index >= 15 is 0 Å². The molecule has 0 unspecified atom stereocenters. The Kier molecular flexibility index (Phi) is 3.50. The molecule has 3 rings (SSSR count). The minimum atomic E-state index is -0.313. The smallest absolute Gasteiger partial charge is 0.273 e. The molecule has 2 aromatic rings. The summed E-state index contributed by atoms with van der Waals surface area (Å²) in [6, 6.07) is 7.43. The molecule has 0 spiro atoms. The van der Waals surface area contributed by atoms with Crippen LogP contribution in [0.25, 0.3) is 11.3 Å². The number of rotatable bonds is 4. The lowest BCUT2D eigenvalue weighted by atomic mass is 9.85. The Morgan fingerprint density at radius 2 is 2.10 bits per heavy atom. The molecule has 4 nitrogen and oxygen atoms in total. The summed E-state index contributed by atoms with van der Waals surface area (Å²) in [5, 5.41) is 6.61. The molecule has 1 saturated carbocycles. The number of halogens is 1. The van der Waals surface area contributed by atoms with Gasteiger partial charge in [0.25, 0.3) is 5.91 Å². The summed E-state index contributed by atoms with van der Waals surface area (Å²) in [6.45, 7) is 0.692. The fourth-order valence-corrected chi connectivity index (χ4v) is 2.16. The van der Waals surface area contributed by atoms with Gasteiger partial charge in [-0.2, -0.15) is 0 Å². The number of benzene rings is 1. The van der Waals surface area contributed by atoms with Crippen molar-refractivity contribution in [1.82, 2.24) is 10.5 Å². The van der Waals surface area contributed by atoms with E-state index in [1.807, 2.05) is 0 Å². The van der Waals surface area contributed by atoms with Crippen LogP contribution in [-0.4, -0.2) is 17.6 Å². The second-order valence-electron chi connectivity index (χ2n) is 5.09. The van der Waals surface area contributed by atoms with Gasteiger partial charge in [-0.05, 0) is 43.0 Å². The van der Waals surface area contributed by atoms with E-state index in [1.54, 1.807) is 18.2 Å². The van der Waals surface area contributed by atoms with Crippen molar-refractivity contribution in [2.24, 2.45) is 5.92 Å². The molecule has 1 aliphatic carbocycles. The van der Waals surface area contributed by atoms with Crippen LogP contribution in [-0.2, 0) is 0 Å². The molecule has 1 aromatic heterocycles. The Bertz CT molecular complexity index is 603. The topological polar surface area (TPSA) is 55.1 Å². The van der Waals surface area contributed by atoms with Gasteiger partial charge in [-0.3, -0.25) is 4.79 Å². The number of nitrogens with zero attached hydrogens (tertiary/aromatic N) is 1. The van der Waals surface area contributed by atoms with Crippen LogP contribution in [0.1, 0.15) is 29.8 Å². The van der Waals surface area contributed by atoms with Gasteiger partial charge in [0.15, 0.2) is 11.5 Å². The van der Waals surface area contributed by atoms with E-state index in [-0.39, 0.29) is 17.4 Å². The Balaban J connectivity index is 1.66. The SMILES string of the molecule is O=C(NCC1CCC1)c1cc(-c2ccc(F)cc2)on1. The average molecular weight is 274 g/mol. The average Bonchev–Trinajstić information content (AvgIpc) is 2.87. The summed E-state index contributed by atoms with van der Waals surface area (Å²) in [5.74, 6) is 0.516. The normalized spacial score (nSPS) is 14.8. The van der Waals surface area contributed by atoms with Gasteiger partial charge in [0.1, 0.15) is 5.82 Å². The third-order valence-corrected chi connectivity index (χ3v) is 3.65. The molecule has 20 heavy (non-hydrogen) atoms. The Morgan fingerprint density at radius 1 is 1.35 bits per heavy atom. The lowest BCUT2D eigenvalue weighted by Crippen LogP contribution is -2.32. The zero-order chi connectivity index (χ0) is 13.9. The Hall–Kier alpha value is -2.17. The van der Waals surface area contributed by atoms with E-state index in [0.717, 1.165) is 0 Å². The number of hydrogen-bond donors (Lipinski definition) is 1. The molecule has 1 amide bonds. The molecule has 1 aliphatic rings. The number of amides is 1. The van der Waals surface area contributed by atoms with Crippen molar-refractivity contribution in [3.8, 4) is 11.3 Å². The zero-order valence-corrected chi connectivity index (χ0v) is 10.9. The number of nitrogens with one attached hydrogen (secondary N) is 1. The predicted molar refractivity (Wildman–Crippen MR) is 71.6 cm³/mol. The fourth-order valence-electron chi connectivity index (χ4n) is 2.16. The zero-order valence-electron chi connectivity index (χ0n) is 10.9. The van der Waals surface area contributed by atoms with Crippen LogP contribution in [0, 0.1) is 11.7 Å². The minimum absolute atomic E-state index is 0.228. The molecule has 0 radical (unpaired) electrons. The van der Waals surface area contributed by atoms with E-state index in [9.17, 15) is 9.18 Å². The van der Waals surface area contributed by atoms with Gasteiger partial charge in [-0.1, -0.05) is 11.6 Å². The summed E-state index contributed by atoms with van der Waals surface area (Å²) < 4.78 is 18.0. The predicted octanol–water partition coefficient (Wildman–Crippen LogP) is 3.01. The summed E-state index contributed by atoms with van der Waals surface area (Å²) in [4.78, 5) is 11.9. The highest BCUT2D eigenvalue weighted by Crippen LogP contribution is 2.25. The van der Waals surface area contributed by atoms with Gasteiger partial charge in [0.05, 0.1) is 0 Å². The van der Waals surface area contributed by atoms with Gasteiger partial charge < -0.3 is 9.84 Å². The molecule has 5 heteroatoms. The maximum Gasteiger partial charge on any atom is 0.273 e. The highest BCUT2D eigenvalue weighted by Gasteiger charge is 2.19. The van der Waals surface area contributed by atoms with Gasteiger partial charge >= 0.3 is 0 Å². The van der Waals surface area contributed by atoms with Crippen LogP contribution < -0.4 is 5.32 Å². The molecule has 104 valence electrons. The second kappa shape index (κ2) is 5.45. The summed E-state index contributed by atoms with van der Waals surface area (Å²) in [6.07, 6.45) is 3.61. The molecular formula is C15H15FN2O2. The highest BCUT2D eigenvalue weighted by molar-refractivity contribution is 5.93. The number of carbonyl (C=O) groups is 1. The Labute approximate surface area is 116 Å². The standard InChI is InChI=1S/C15H15FN2O2/c16-12-6-4-11(5-7-12)14-8-13(18-20-14)15(19)17-9-10-2-1-3-10/h4-8,10H,1-3,9H2,(H,17,19). The van der Waals surface area contributed by atoms with Crippen LogP contribution in [0.2, 0.25) is 0 Å². The molecule has 0 atom stereocenters. The van der Waals surface area contributed by atoms with E-state index in [0.29, 0.717) is 23.8 Å². The molecule has 1 heterocycles. The largest absolute Gasteiger partial charge is 0.355 e. The maximum absolute atomic E-state index is 12.8. The van der Waals surface area contributed by atoms with Crippen molar-refractivity contribution in [3.05, 3.63) is 41.8 Å². The molecule has 1 fully saturated rings. The monoisotopic (exact) mass is 274 g/mol. The summed E-state index contributed by atoms with van der Waals surface area (Å²) in [5.41, 5.74) is 0.945. The molecule has 0 bridgehead atoms. The van der Waals surface area contributed by atoms with Crippen molar-refractivity contribution in [2.75, 3.05) is 6.54 Å². The maximum atomic E-state index is 12.8. The first-order chi connectivity index (χ1) is 9.72. The third-order valence-electron chi connectivity index (χ3n) is 3.65. The molecular weight excluding hydrogens is 259 g/mol. The van der Waals surface area contributed by atoms with E-state index in [2.05, 4.69) is 10.5 Å². The van der Waals surface area contributed by atoms with Gasteiger partial charge in [0.2, 0.25) is 0 Å². The Morgan fingerprint density at radius 3 is 2.75 bits per heavy atom. The second-order valence-corrected chi connectivity index (χ2v) is 5.09. The summed E-state index contributed by atoms with van der Waals surface area (Å²) in [7, 11) is 0. The van der Waals surface area contributed by atoms with Crippen molar-refractivity contribution in [2.45, 2.75) is 19.3 Å². The highest BCUT2D eigenvalue weighted by atomic mass is 19.1. The lowest BCUT2D eigenvalue weighted by molar-refractivity contribution is 0.0930. The molecule has 1 N–H and O–H groups in total. The molecule has 1 aromatic carbocycles. The van der Waals surface area contributed by atoms with Crippen LogP contribution in [0.5, 0.6) is 0 Å². The molecule has 0 aliphatic heterocycles. The van der Waals surface area contributed by atoms with Crippen molar-refractivity contribution < 1.29 is 13.7 Å².